The van der Waals surface area contributed by atoms with Crippen molar-refractivity contribution in [3.8, 4) is 0 Å². The zero-order valence-electron chi connectivity index (χ0n) is 10.6. The molecule has 0 radical (unpaired) electrons. The van der Waals surface area contributed by atoms with Crippen LogP contribution < -0.4 is 4.90 Å². The monoisotopic (exact) mass is 383 g/mol. The zero-order valence-corrected chi connectivity index (χ0v) is 13.5. The number of likely N-dealkylation sites (N-methyl/N-ethyl adjacent to an activating group) is 1. The Morgan fingerprint density at radius 2 is 1.94 bits per heavy atom. The van der Waals surface area contributed by atoms with Crippen LogP contribution in [0.25, 0.3) is 0 Å². The molecule has 0 amide bonds. The molecule has 0 bridgehead atoms. The van der Waals surface area contributed by atoms with E-state index in [9.17, 15) is 4.39 Å². The lowest BCUT2D eigenvalue weighted by Crippen LogP contribution is -2.56. The molecule has 0 N–H and O–H groups in total. The number of hydrogen-bond donors (Lipinski definition) is 0. The quantitative estimate of drug-likeness (QED) is 0.549. The van der Waals surface area contributed by atoms with Gasteiger partial charge in [-0.05, 0) is 49.6 Å². The molecular formula is C12H16ClFIN3. The summed E-state index contributed by atoms with van der Waals surface area (Å²) in [6.07, 6.45) is 0. The van der Waals surface area contributed by atoms with E-state index in [-0.39, 0.29) is 5.02 Å². The molecule has 2 heterocycles. The minimum atomic E-state index is -0.586. The van der Waals surface area contributed by atoms with Crippen LogP contribution in [-0.2, 0) is 0 Å². The maximum Gasteiger partial charge on any atom is 0.234 e. The topological polar surface area (TPSA) is 19.4 Å². The molecule has 0 aromatic carbocycles. The van der Waals surface area contributed by atoms with Crippen LogP contribution in [0.4, 0.5) is 10.2 Å². The van der Waals surface area contributed by atoms with E-state index in [0.29, 0.717) is 21.5 Å². The van der Waals surface area contributed by atoms with Crippen molar-refractivity contribution in [3.05, 3.63) is 20.6 Å². The average Bonchev–Trinajstić information content (AvgIpc) is 2.24. The van der Waals surface area contributed by atoms with Crippen LogP contribution >= 0.6 is 34.2 Å². The highest BCUT2D eigenvalue weighted by molar-refractivity contribution is 14.1. The Labute approximate surface area is 125 Å². The average molecular weight is 384 g/mol. The van der Waals surface area contributed by atoms with Crippen LogP contribution in [0.2, 0.25) is 5.02 Å². The lowest BCUT2D eigenvalue weighted by Gasteiger charge is -2.44. The van der Waals surface area contributed by atoms with E-state index in [1.807, 2.05) is 28.7 Å². The van der Waals surface area contributed by atoms with Gasteiger partial charge in [-0.15, -0.1) is 0 Å². The molecule has 2 rings (SSSR count). The minimum absolute atomic E-state index is 0.105. The van der Waals surface area contributed by atoms with Gasteiger partial charge < -0.3 is 9.80 Å². The predicted molar refractivity (Wildman–Crippen MR) is 80.8 cm³/mol. The van der Waals surface area contributed by atoms with Crippen molar-refractivity contribution in [2.24, 2.45) is 0 Å². The molecule has 0 unspecified atom stereocenters. The Hall–Kier alpha value is -0.140. The number of aromatic nitrogens is 1. The maximum absolute atomic E-state index is 13.6. The molecule has 1 fully saturated rings. The smallest absolute Gasteiger partial charge is 0.234 e. The molecule has 2 atom stereocenters. The molecule has 1 aliphatic heterocycles. The van der Waals surface area contributed by atoms with Gasteiger partial charge in [-0.2, -0.15) is 4.39 Å². The molecule has 100 valence electrons. The molecule has 0 saturated carbocycles. The van der Waals surface area contributed by atoms with Crippen molar-refractivity contribution >= 4 is 40.0 Å². The number of rotatable bonds is 1. The van der Waals surface area contributed by atoms with E-state index >= 15 is 0 Å². The summed E-state index contributed by atoms with van der Waals surface area (Å²) in [4.78, 5) is 8.44. The highest BCUT2D eigenvalue weighted by Crippen LogP contribution is 2.28. The fraction of sp³-hybridized carbons (Fsp3) is 0.583. The van der Waals surface area contributed by atoms with Crippen LogP contribution in [-0.4, -0.2) is 42.1 Å². The Morgan fingerprint density at radius 3 is 2.44 bits per heavy atom. The van der Waals surface area contributed by atoms with Gasteiger partial charge in [0.2, 0.25) is 5.95 Å². The lowest BCUT2D eigenvalue weighted by atomic mass is 10.1. The van der Waals surface area contributed by atoms with Gasteiger partial charge in [0.05, 0.1) is 0 Å². The molecule has 0 aliphatic carbocycles. The molecule has 18 heavy (non-hydrogen) atoms. The summed E-state index contributed by atoms with van der Waals surface area (Å²) in [7, 11) is 2.10. The SMILES string of the molecule is C[C@H]1CN(C)C[C@H](C)N1c1cc(I)c(Cl)c(F)n1. The maximum atomic E-state index is 13.6. The summed E-state index contributed by atoms with van der Waals surface area (Å²) in [6.45, 7) is 6.17. The van der Waals surface area contributed by atoms with E-state index in [1.54, 1.807) is 0 Å². The van der Waals surface area contributed by atoms with Gasteiger partial charge in [0.15, 0.2) is 0 Å². The van der Waals surface area contributed by atoms with Gasteiger partial charge in [0, 0.05) is 28.7 Å². The lowest BCUT2D eigenvalue weighted by molar-refractivity contribution is 0.238. The fourth-order valence-electron chi connectivity index (χ4n) is 2.63. The van der Waals surface area contributed by atoms with Crippen LogP contribution in [0, 0.1) is 9.52 Å². The second-order valence-corrected chi connectivity index (χ2v) is 6.43. The van der Waals surface area contributed by atoms with Gasteiger partial charge in [-0.25, -0.2) is 4.98 Å². The molecule has 1 saturated heterocycles. The van der Waals surface area contributed by atoms with E-state index in [4.69, 9.17) is 11.6 Å². The van der Waals surface area contributed by atoms with Crippen molar-refractivity contribution < 1.29 is 4.39 Å². The van der Waals surface area contributed by atoms with Crippen molar-refractivity contribution in [2.45, 2.75) is 25.9 Å². The first kappa shape index (κ1) is 14.3. The number of piperazine rings is 1. The van der Waals surface area contributed by atoms with Crippen LogP contribution in [0.3, 0.4) is 0 Å². The Morgan fingerprint density at radius 1 is 1.39 bits per heavy atom. The summed E-state index contributed by atoms with van der Waals surface area (Å²) >= 11 is 7.85. The number of hydrogen-bond acceptors (Lipinski definition) is 3. The second-order valence-electron chi connectivity index (χ2n) is 4.89. The third-order valence-electron chi connectivity index (χ3n) is 3.23. The van der Waals surface area contributed by atoms with E-state index in [0.717, 1.165) is 13.1 Å². The normalized spacial score (nSPS) is 25.6. The molecule has 1 aromatic heterocycles. The Bertz CT molecular complexity index is 422. The summed E-state index contributed by atoms with van der Waals surface area (Å²) in [5, 5.41) is 0.105. The van der Waals surface area contributed by atoms with Crippen molar-refractivity contribution in [1.82, 2.24) is 9.88 Å². The van der Waals surface area contributed by atoms with E-state index < -0.39 is 5.95 Å². The minimum Gasteiger partial charge on any atom is -0.349 e. The number of halogens is 3. The number of pyridine rings is 1. The molecular weight excluding hydrogens is 368 g/mol. The van der Waals surface area contributed by atoms with Gasteiger partial charge in [-0.3, -0.25) is 0 Å². The first-order chi connectivity index (χ1) is 8.40. The van der Waals surface area contributed by atoms with Crippen LogP contribution in [0.15, 0.2) is 6.07 Å². The van der Waals surface area contributed by atoms with Gasteiger partial charge in [0.1, 0.15) is 10.8 Å². The van der Waals surface area contributed by atoms with Gasteiger partial charge >= 0.3 is 0 Å². The molecule has 6 heteroatoms. The number of nitrogens with zero attached hydrogens (tertiary/aromatic N) is 3. The Kier molecular flexibility index (Phi) is 4.33. The van der Waals surface area contributed by atoms with E-state index in [1.165, 1.54) is 0 Å². The predicted octanol–water partition coefficient (Wildman–Crippen LogP) is 3.01. The molecule has 3 nitrogen and oxygen atoms in total. The highest BCUT2D eigenvalue weighted by Gasteiger charge is 2.29. The van der Waals surface area contributed by atoms with Crippen LogP contribution in [0.1, 0.15) is 13.8 Å². The first-order valence-corrected chi connectivity index (χ1v) is 7.34. The largest absolute Gasteiger partial charge is 0.349 e. The summed E-state index contributed by atoms with van der Waals surface area (Å²) in [5.74, 6) is 0.0892. The Balaban J connectivity index is 2.36. The summed E-state index contributed by atoms with van der Waals surface area (Å²) in [5.41, 5.74) is 0. The molecule has 0 spiro atoms. The number of anilines is 1. The standard InChI is InChI=1S/C12H16ClFIN3/c1-7-5-17(3)6-8(2)18(7)10-4-9(15)11(13)12(14)16-10/h4,7-8H,5-6H2,1-3H3/t7-,8-/m0/s1. The first-order valence-electron chi connectivity index (χ1n) is 5.88. The fourth-order valence-corrected chi connectivity index (χ4v) is 3.23. The van der Waals surface area contributed by atoms with Gasteiger partial charge in [0.25, 0.3) is 0 Å². The zero-order chi connectivity index (χ0) is 13.4. The third kappa shape index (κ3) is 2.72. The third-order valence-corrected chi connectivity index (χ3v) is 4.75. The van der Waals surface area contributed by atoms with Crippen LogP contribution in [0.5, 0.6) is 0 Å². The summed E-state index contributed by atoms with van der Waals surface area (Å²) < 4.78 is 14.3. The van der Waals surface area contributed by atoms with E-state index in [2.05, 4.69) is 35.7 Å². The molecule has 1 aromatic rings. The van der Waals surface area contributed by atoms with Gasteiger partial charge in [-0.1, -0.05) is 11.6 Å². The summed E-state index contributed by atoms with van der Waals surface area (Å²) in [6, 6.07) is 2.47. The van der Waals surface area contributed by atoms with Crippen molar-refractivity contribution in [2.75, 3.05) is 25.0 Å². The van der Waals surface area contributed by atoms with Crippen molar-refractivity contribution in [3.63, 3.8) is 0 Å². The van der Waals surface area contributed by atoms with Crippen molar-refractivity contribution in [1.29, 1.82) is 0 Å². The molecule has 1 aliphatic rings. The second kappa shape index (κ2) is 5.46. The highest BCUT2D eigenvalue weighted by atomic mass is 127.